The van der Waals surface area contributed by atoms with Crippen LogP contribution in [0.5, 0.6) is 11.5 Å². The Hall–Kier alpha value is -3.44. The van der Waals surface area contributed by atoms with Gasteiger partial charge in [-0.1, -0.05) is 6.07 Å². The summed E-state index contributed by atoms with van der Waals surface area (Å²) in [5, 5.41) is 22.2. The third-order valence-electron chi connectivity index (χ3n) is 10.1. The lowest BCUT2D eigenvalue weighted by molar-refractivity contribution is -0.153. The first-order valence-electron chi connectivity index (χ1n) is 14.8. The number of esters is 2. The summed E-state index contributed by atoms with van der Waals surface area (Å²) in [7, 11) is 3.54. The van der Waals surface area contributed by atoms with E-state index in [1.54, 1.807) is 7.11 Å². The van der Waals surface area contributed by atoms with Crippen molar-refractivity contribution in [1.82, 2.24) is 9.80 Å². The SMILES string of the molecule is COc1c(C)cc2c(c1O)[C@@H]1C3[C@@H]4SCC(N)C(=O)OC[C@H](C5=C6OCOC6=C(C)C(OC(C)=O)C54)N3C(C#N)[C@H](C2)N1C. The first-order valence-corrected chi connectivity index (χ1v) is 15.8. The van der Waals surface area contributed by atoms with Crippen LogP contribution in [-0.4, -0.2) is 102 Å². The van der Waals surface area contributed by atoms with Crippen LogP contribution in [0.3, 0.4) is 0 Å². The van der Waals surface area contributed by atoms with Gasteiger partial charge in [0.15, 0.2) is 23.0 Å². The predicted molar refractivity (Wildman–Crippen MR) is 157 cm³/mol. The highest BCUT2D eigenvalue weighted by Gasteiger charge is 2.64. The molecule has 0 spiro atoms. The van der Waals surface area contributed by atoms with Crippen LogP contribution in [0.25, 0.3) is 0 Å². The van der Waals surface area contributed by atoms with E-state index < -0.39 is 42.1 Å². The maximum atomic E-state index is 13.0. The standard InChI is InChI=1S/C31H36N4O8S/c1-12-6-15-7-17-18(8-32)35-19-9-40-31(38)16(33)10-44-30(24(35)23(34(17)4)20(15)25(37)26(12)39-5)22-21(19)29-28(41-11-42-29)13(2)27(22)43-14(3)36/h6,16-19,22-24,27,30,37H,7,9-11,33H2,1-5H3/t16?,17-,18?,19+,22?,23+,24?,27?,30+/m0/s1. The number of cyclic esters (lactones) is 1. The molecule has 5 unspecified atom stereocenters. The molecule has 1 aromatic rings. The minimum absolute atomic E-state index is 0.000300. The Kier molecular flexibility index (Phi) is 7.04. The van der Waals surface area contributed by atoms with Crippen LogP contribution >= 0.6 is 11.8 Å². The zero-order valence-electron chi connectivity index (χ0n) is 25.2. The van der Waals surface area contributed by atoms with Crippen LogP contribution in [0, 0.1) is 24.2 Å². The maximum absolute atomic E-state index is 13.0. The van der Waals surface area contributed by atoms with Gasteiger partial charge in [0.2, 0.25) is 6.79 Å². The molecule has 9 atom stereocenters. The molecule has 13 heteroatoms. The second-order valence-electron chi connectivity index (χ2n) is 12.4. The van der Waals surface area contributed by atoms with E-state index in [1.807, 2.05) is 27.0 Å². The fraction of sp³-hybridized carbons (Fsp3) is 0.581. The molecular formula is C31H36N4O8S. The first kappa shape index (κ1) is 29.3. The van der Waals surface area contributed by atoms with Crippen LogP contribution in [0.4, 0.5) is 0 Å². The molecule has 7 rings (SSSR count). The van der Waals surface area contributed by atoms with Gasteiger partial charge in [-0.05, 0) is 38.4 Å². The van der Waals surface area contributed by atoms with Gasteiger partial charge in [-0.2, -0.15) is 17.0 Å². The van der Waals surface area contributed by atoms with Gasteiger partial charge in [0.25, 0.3) is 0 Å². The smallest absolute Gasteiger partial charge is 0.323 e. The van der Waals surface area contributed by atoms with Crippen LogP contribution in [0.15, 0.2) is 28.7 Å². The summed E-state index contributed by atoms with van der Waals surface area (Å²) in [6, 6.07) is 1.60. The van der Waals surface area contributed by atoms with Crippen molar-refractivity contribution in [2.24, 2.45) is 11.7 Å². The van der Waals surface area contributed by atoms with Crippen molar-refractivity contribution >= 4 is 23.7 Å². The number of phenolic OH excluding ortho intramolecular Hbond substituents is 1. The Balaban J connectivity index is 1.51. The molecule has 0 aromatic heterocycles. The van der Waals surface area contributed by atoms with Gasteiger partial charge < -0.3 is 34.5 Å². The molecule has 5 heterocycles. The number of hydrogen-bond acceptors (Lipinski definition) is 13. The minimum atomic E-state index is -0.867. The van der Waals surface area contributed by atoms with E-state index in [0.717, 1.165) is 27.8 Å². The third-order valence-corrected chi connectivity index (χ3v) is 11.7. The van der Waals surface area contributed by atoms with Crippen LogP contribution in [0.2, 0.25) is 0 Å². The number of piperazine rings is 1. The number of fused-ring (bicyclic) bond motifs is 8. The van der Waals surface area contributed by atoms with E-state index in [1.165, 1.54) is 18.7 Å². The maximum Gasteiger partial charge on any atom is 0.323 e. The molecule has 1 aliphatic carbocycles. The number of piperidine rings is 1. The Bertz CT molecular complexity index is 1550. The minimum Gasteiger partial charge on any atom is -0.504 e. The van der Waals surface area contributed by atoms with Gasteiger partial charge >= 0.3 is 11.9 Å². The van der Waals surface area contributed by atoms with E-state index in [0.29, 0.717) is 23.7 Å². The Morgan fingerprint density at radius 1 is 1.25 bits per heavy atom. The summed E-state index contributed by atoms with van der Waals surface area (Å²) in [5.74, 6) is 0.431. The molecule has 0 radical (unpaired) electrons. The summed E-state index contributed by atoms with van der Waals surface area (Å²) in [4.78, 5) is 29.9. The van der Waals surface area contributed by atoms with Crippen LogP contribution in [-0.2, 0) is 35.0 Å². The number of methoxy groups -OCH3 is 1. The van der Waals surface area contributed by atoms with Crippen LogP contribution in [0.1, 0.15) is 36.6 Å². The largest absolute Gasteiger partial charge is 0.504 e. The molecule has 4 bridgehead atoms. The van der Waals surface area contributed by atoms with Gasteiger partial charge in [0.1, 0.15) is 24.8 Å². The van der Waals surface area contributed by atoms with E-state index in [2.05, 4.69) is 15.9 Å². The molecule has 4 fully saturated rings. The number of nitriles is 1. The number of nitrogens with zero attached hydrogens (tertiary/aromatic N) is 3. The highest BCUT2D eigenvalue weighted by molar-refractivity contribution is 8.00. The predicted octanol–water partition coefficient (Wildman–Crippen LogP) is 1.65. The van der Waals surface area contributed by atoms with Gasteiger partial charge in [-0.25, -0.2) is 0 Å². The van der Waals surface area contributed by atoms with Crippen molar-refractivity contribution in [2.45, 2.75) is 74.8 Å². The molecule has 44 heavy (non-hydrogen) atoms. The number of thioether (sulfide) groups is 1. The molecule has 1 aromatic carbocycles. The third kappa shape index (κ3) is 4.00. The van der Waals surface area contributed by atoms with Crippen molar-refractivity contribution in [3.05, 3.63) is 45.4 Å². The van der Waals surface area contributed by atoms with Crippen molar-refractivity contribution in [2.75, 3.05) is 33.3 Å². The molecular weight excluding hydrogens is 588 g/mol. The molecule has 5 aliphatic heterocycles. The highest BCUT2D eigenvalue weighted by atomic mass is 32.2. The van der Waals surface area contributed by atoms with Crippen molar-refractivity contribution in [1.29, 1.82) is 5.26 Å². The second kappa shape index (κ2) is 10.6. The Labute approximate surface area is 259 Å². The van der Waals surface area contributed by atoms with Crippen molar-refractivity contribution < 1.29 is 38.4 Å². The van der Waals surface area contributed by atoms with Gasteiger partial charge in [0.05, 0.1) is 25.3 Å². The summed E-state index contributed by atoms with van der Waals surface area (Å²) in [6.45, 7) is 5.09. The number of benzene rings is 1. The lowest BCUT2D eigenvalue weighted by Gasteiger charge is -2.64. The number of phenols is 1. The molecule has 4 saturated heterocycles. The summed E-state index contributed by atoms with van der Waals surface area (Å²) < 4.78 is 29.6. The zero-order valence-corrected chi connectivity index (χ0v) is 26.1. The fourth-order valence-electron chi connectivity index (χ4n) is 8.46. The summed E-state index contributed by atoms with van der Waals surface area (Å²) in [5.41, 5.74) is 10.4. The molecule has 12 nitrogen and oxygen atoms in total. The lowest BCUT2D eigenvalue weighted by atomic mass is 9.66. The number of ether oxygens (including phenoxy) is 5. The number of carbonyl (C=O) groups excluding carboxylic acids is 2. The zero-order chi connectivity index (χ0) is 31.2. The fourth-order valence-corrected chi connectivity index (χ4v) is 10.0. The quantitative estimate of drug-likeness (QED) is 0.458. The lowest BCUT2D eigenvalue weighted by Crippen LogP contribution is -2.75. The molecule has 0 saturated carbocycles. The number of nitrogens with two attached hydrogens (primary N) is 1. The van der Waals surface area contributed by atoms with E-state index in [9.17, 15) is 20.0 Å². The highest BCUT2D eigenvalue weighted by Crippen LogP contribution is 2.59. The molecule has 234 valence electrons. The Morgan fingerprint density at radius 3 is 2.70 bits per heavy atom. The molecule has 0 amide bonds. The second-order valence-corrected chi connectivity index (χ2v) is 13.6. The van der Waals surface area contributed by atoms with E-state index in [-0.39, 0.29) is 48.3 Å². The number of aromatic hydroxyl groups is 1. The number of hydrogen-bond donors (Lipinski definition) is 2. The topological polar surface area (TPSA) is 157 Å². The summed E-state index contributed by atoms with van der Waals surface area (Å²) in [6.07, 6.45) is -0.156. The summed E-state index contributed by atoms with van der Waals surface area (Å²) >= 11 is 1.50. The number of carbonyl (C=O) groups is 2. The van der Waals surface area contributed by atoms with Crippen molar-refractivity contribution in [3.63, 3.8) is 0 Å². The van der Waals surface area contributed by atoms with E-state index >= 15 is 0 Å². The average molecular weight is 625 g/mol. The molecule has 3 N–H and O–H groups in total. The van der Waals surface area contributed by atoms with Gasteiger partial charge in [-0.3, -0.25) is 19.4 Å². The normalized spacial score (nSPS) is 36.1. The van der Waals surface area contributed by atoms with Crippen LogP contribution < -0.4 is 10.5 Å². The van der Waals surface area contributed by atoms with Gasteiger partial charge in [0, 0.05) is 52.6 Å². The number of likely N-dealkylation sites (N-methyl/N-ethyl adjacent to an activating group) is 1. The first-order chi connectivity index (χ1) is 21.1. The van der Waals surface area contributed by atoms with Gasteiger partial charge in [-0.15, -0.1) is 0 Å². The molecule has 6 aliphatic rings. The van der Waals surface area contributed by atoms with E-state index in [4.69, 9.17) is 29.4 Å². The monoisotopic (exact) mass is 624 g/mol. The number of aryl methyl sites for hydroxylation is 1. The number of rotatable bonds is 2. The van der Waals surface area contributed by atoms with Crippen molar-refractivity contribution in [3.8, 4) is 17.6 Å². The average Bonchev–Trinajstić information content (AvgIpc) is 3.47. The Morgan fingerprint density at radius 2 is 2.00 bits per heavy atom.